The van der Waals surface area contributed by atoms with Gasteiger partial charge in [0.15, 0.2) is 6.10 Å². The molecule has 1 aliphatic carbocycles. The Labute approximate surface area is 155 Å². The molecule has 0 radical (unpaired) electrons. The average molecular weight is 378 g/mol. The van der Waals surface area contributed by atoms with Gasteiger partial charge in [-0.15, -0.1) is 0 Å². The van der Waals surface area contributed by atoms with Crippen LogP contribution in [0.25, 0.3) is 0 Å². The number of nitrogens with zero attached hydrogens (tertiary/aromatic N) is 1. The van der Waals surface area contributed by atoms with Crippen LogP contribution in [0, 0.1) is 10.1 Å². The number of nitro benzene ring substituents is 1. The number of nitro groups is 1. The first-order chi connectivity index (χ1) is 12.8. The molecule has 0 aliphatic heterocycles. The van der Waals surface area contributed by atoms with Crippen molar-refractivity contribution in [3.05, 3.63) is 33.9 Å². The summed E-state index contributed by atoms with van der Waals surface area (Å²) in [6, 6.07) is 2.82. The number of urea groups is 1. The standard InChI is InChI=1S/C17H22N4O6/c1-10(15(22)20-17(24)19-12-5-3-2-4-6-12)27-16(23)11-7-8-13(18)14(9-11)21(25)26/h7-10,12H,2-6,18H2,1H3,(H2,19,20,22,24). The van der Waals surface area contributed by atoms with Crippen LogP contribution < -0.4 is 16.4 Å². The molecule has 10 nitrogen and oxygen atoms in total. The van der Waals surface area contributed by atoms with Crippen molar-refractivity contribution >= 4 is 29.3 Å². The van der Waals surface area contributed by atoms with E-state index in [0.717, 1.165) is 38.2 Å². The number of hydrogen-bond donors (Lipinski definition) is 3. The Morgan fingerprint density at radius 3 is 2.56 bits per heavy atom. The van der Waals surface area contributed by atoms with Gasteiger partial charge in [0.1, 0.15) is 5.69 Å². The smallest absolute Gasteiger partial charge is 0.339 e. The summed E-state index contributed by atoms with van der Waals surface area (Å²) in [5.74, 6) is -1.73. The van der Waals surface area contributed by atoms with Gasteiger partial charge in [0, 0.05) is 12.1 Å². The molecule has 1 saturated carbocycles. The van der Waals surface area contributed by atoms with Gasteiger partial charge in [-0.25, -0.2) is 9.59 Å². The lowest BCUT2D eigenvalue weighted by Crippen LogP contribution is -2.48. The second kappa shape index (κ2) is 8.97. The number of anilines is 1. The van der Waals surface area contributed by atoms with E-state index < -0.39 is 34.6 Å². The highest BCUT2D eigenvalue weighted by Crippen LogP contribution is 2.23. The van der Waals surface area contributed by atoms with Gasteiger partial charge in [-0.3, -0.25) is 20.2 Å². The van der Waals surface area contributed by atoms with E-state index in [9.17, 15) is 24.5 Å². The Kier molecular flexibility index (Phi) is 6.69. The van der Waals surface area contributed by atoms with Crippen molar-refractivity contribution in [1.29, 1.82) is 0 Å². The largest absolute Gasteiger partial charge is 0.449 e. The highest BCUT2D eigenvalue weighted by molar-refractivity contribution is 5.98. The number of benzene rings is 1. The molecule has 2 rings (SSSR count). The molecule has 0 bridgehead atoms. The number of amides is 3. The molecule has 1 aliphatic rings. The number of hydrogen-bond acceptors (Lipinski definition) is 7. The van der Waals surface area contributed by atoms with Gasteiger partial charge in [0.25, 0.3) is 11.6 Å². The number of nitrogens with one attached hydrogen (secondary N) is 2. The van der Waals surface area contributed by atoms with Crippen molar-refractivity contribution in [3.8, 4) is 0 Å². The van der Waals surface area contributed by atoms with Gasteiger partial charge in [-0.1, -0.05) is 19.3 Å². The van der Waals surface area contributed by atoms with E-state index in [4.69, 9.17) is 10.5 Å². The van der Waals surface area contributed by atoms with Crippen molar-refractivity contribution in [1.82, 2.24) is 10.6 Å². The number of nitrogens with two attached hydrogens (primary N) is 1. The third kappa shape index (κ3) is 5.66. The lowest BCUT2D eigenvalue weighted by Gasteiger charge is -2.23. The molecule has 4 N–H and O–H groups in total. The third-order valence-electron chi connectivity index (χ3n) is 4.29. The minimum absolute atomic E-state index is 0.0275. The quantitative estimate of drug-likeness (QED) is 0.306. The molecule has 3 amide bonds. The van der Waals surface area contributed by atoms with Crippen molar-refractivity contribution in [3.63, 3.8) is 0 Å². The fraction of sp³-hybridized carbons (Fsp3) is 0.471. The number of esters is 1. The normalized spacial score (nSPS) is 15.4. The molecule has 1 fully saturated rings. The van der Waals surface area contributed by atoms with Crippen LogP contribution in [-0.4, -0.2) is 35.0 Å². The molecule has 10 heteroatoms. The number of nitrogen functional groups attached to an aromatic ring is 1. The van der Waals surface area contributed by atoms with Crippen molar-refractivity contribution in [2.75, 3.05) is 5.73 Å². The van der Waals surface area contributed by atoms with E-state index in [-0.39, 0.29) is 17.3 Å². The first kappa shape index (κ1) is 20.1. The van der Waals surface area contributed by atoms with Crippen LogP contribution in [0.5, 0.6) is 0 Å². The SMILES string of the molecule is CC(OC(=O)c1ccc(N)c([N+](=O)[O-])c1)C(=O)NC(=O)NC1CCCCC1. The van der Waals surface area contributed by atoms with E-state index in [1.807, 2.05) is 0 Å². The zero-order valence-electron chi connectivity index (χ0n) is 14.9. The molecule has 1 atom stereocenters. The van der Waals surface area contributed by atoms with Crippen LogP contribution in [0.3, 0.4) is 0 Å². The first-order valence-electron chi connectivity index (χ1n) is 8.64. The summed E-state index contributed by atoms with van der Waals surface area (Å²) in [6.07, 6.45) is 3.66. The minimum Gasteiger partial charge on any atom is -0.449 e. The van der Waals surface area contributed by atoms with Crippen LogP contribution in [0.4, 0.5) is 16.2 Å². The lowest BCUT2D eigenvalue weighted by atomic mass is 9.96. The lowest BCUT2D eigenvalue weighted by molar-refractivity contribution is -0.383. The number of carbonyl (C=O) groups excluding carboxylic acids is 3. The molecule has 0 heterocycles. The summed E-state index contributed by atoms with van der Waals surface area (Å²) in [6.45, 7) is 1.30. The van der Waals surface area contributed by atoms with Crippen molar-refractivity contribution < 1.29 is 24.0 Å². The zero-order chi connectivity index (χ0) is 20.0. The number of imide groups is 1. The van der Waals surface area contributed by atoms with Crippen molar-refractivity contribution in [2.24, 2.45) is 0 Å². The van der Waals surface area contributed by atoms with Gasteiger partial charge in [-0.2, -0.15) is 0 Å². The van der Waals surface area contributed by atoms with Gasteiger partial charge >= 0.3 is 12.0 Å². The number of carbonyl (C=O) groups is 3. The average Bonchev–Trinajstić information content (AvgIpc) is 2.62. The van der Waals surface area contributed by atoms with Crippen LogP contribution in [0.1, 0.15) is 49.4 Å². The zero-order valence-corrected chi connectivity index (χ0v) is 14.9. The maximum absolute atomic E-state index is 12.1. The molecule has 1 aromatic carbocycles. The molecule has 146 valence electrons. The van der Waals surface area contributed by atoms with Gasteiger partial charge in [0.05, 0.1) is 10.5 Å². The van der Waals surface area contributed by atoms with Crippen molar-refractivity contribution in [2.45, 2.75) is 51.2 Å². The number of rotatable bonds is 5. The Morgan fingerprint density at radius 1 is 1.26 bits per heavy atom. The van der Waals surface area contributed by atoms with Crippen LogP contribution in [-0.2, 0) is 9.53 Å². The van der Waals surface area contributed by atoms with Gasteiger partial charge in [0.2, 0.25) is 0 Å². The third-order valence-corrected chi connectivity index (χ3v) is 4.29. The van der Waals surface area contributed by atoms with Crippen LogP contribution >= 0.6 is 0 Å². The second-order valence-corrected chi connectivity index (χ2v) is 6.38. The summed E-state index contributed by atoms with van der Waals surface area (Å²) in [5, 5.41) is 15.7. The summed E-state index contributed by atoms with van der Waals surface area (Å²) in [4.78, 5) is 46.1. The Hall–Kier alpha value is -3.17. The van der Waals surface area contributed by atoms with Crippen LogP contribution in [0.2, 0.25) is 0 Å². The van der Waals surface area contributed by atoms with Gasteiger partial charge < -0.3 is 15.8 Å². The van der Waals surface area contributed by atoms with E-state index in [2.05, 4.69) is 10.6 Å². The highest BCUT2D eigenvalue weighted by Gasteiger charge is 2.24. The molecule has 0 aromatic heterocycles. The molecule has 1 unspecified atom stereocenters. The maximum atomic E-state index is 12.1. The summed E-state index contributed by atoms with van der Waals surface area (Å²) in [7, 11) is 0. The monoisotopic (exact) mass is 378 g/mol. The predicted molar refractivity (Wildman–Crippen MR) is 95.9 cm³/mol. The fourth-order valence-electron chi connectivity index (χ4n) is 2.79. The summed E-state index contributed by atoms with van der Waals surface area (Å²) >= 11 is 0. The van der Waals surface area contributed by atoms with E-state index in [1.54, 1.807) is 0 Å². The molecule has 1 aromatic rings. The van der Waals surface area contributed by atoms with E-state index >= 15 is 0 Å². The Bertz CT molecular complexity index is 745. The Morgan fingerprint density at radius 2 is 1.93 bits per heavy atom. The predicted octanol–water partition coefficient (Wildman–Crippen LogP) is 1.88. The highest BCUT2D eigenvalue weighted by atomic mass is 16.6. The molecular weight excluding hydrogens is 356 g/mol. The Balaban J connectivity index is 1.89. The molecule has 27 heavy (non-hydrogen) atoms. The summed E-state index contributed by atoms with van der Waals surface area (Å²) in [5.41, 5.74) is 4.81. The molecular formula is C17H22N4O6. The maximum Gasteiger partial charge on any atom is 0.339 e. The fourth-order valence-corrected chi connectivity index (χ4v) is 2.79. The minimum atomic E-state index is -1.26. The molecule has 0 saturated heterocycles. The first-order valence-corrected chi connectivity index (χ1v) is 8.64. The number of ether oxygens (including phenoxy) is 1. The summed E-state index contributed by atoms with van der Waals surface area (Å²) < 4.78 is 4.97. The second-order valence-electron chi connectivity index (χ2n) is 6.38. The van der Waals surface area contributed by atoms with Crippen LogP contribution in [0.15, 0.2) is 18.2 Å². The van der Waals surface area contributed by atoms with E-state index in [0.29, 0.717) is 0 Å². The topological polar surface area (TPSA) is 154 Å². The van der Waals surface area contributed by atoms with E-state index in [1.165, 1.54) is 19.1 Å². The van der Waals surface area contributed by atoms with Gasteiger partial charge in [-0.05, 0) is 31.9 Å². The molecule has 0 spiro atoms.